The van der Waals surface area contributed by atoms with E-state index in [1.807, 2.05) is 43.3 Å². The largest absolute Gasteiger partial charge is 0.493 e. The number of benzene rings is 2. The van der Waals surface area contributed by atoms with Crippen molar-refractivity contribution >= 4 is 18.2 Å². The summed E-state index contributed by atoms with van der Waals surface area (Å²) >= 11 is 0. The van der Waals surface area contributed by atoms with Gasteiger partial charge in [-0.1, -0.05) is 36.4 Å². The van der Waals surface area contributed by atoms with Gasteiger partial charge in [0.2, 0.25) is 5.75 Å². The first kappa shape index (κ1) is 19.1. The lowest BCUT2D eigenvalue weighted by Crippen LogP contribution is -2.18. The van der Waals surface area contributed by atoms with Crippen molar-refractivity contribution in [2.45, 2.75) is 6.92 Å². The van der Waals surface area contributed by atoms with Gasteiger partial charge in [0, 0.05) is 5.56 Å². The molecular weight excluding hydrogens is 332 g/mol. The van der Waals surface area contributed by atoms with Crippen LogP contribution in [0.25, 0.3) is 6.08 Å². The van der Waals surface area contributed by atoms with Crippen LogP contribution in [0.2, 0.25) is 0 Å². The summed E-state index contributed by atoms with van der Waals surface area (Å²) in [6, 6.07) is 13.0. The summed E-state index contributed by atoms with van der Waals surface area (Å²) in [5, 5.41) is 3.99. The van der Waals surface area contributed by atoms with Gasteiger partial charge in [-0.2, -0.15) is 5.10 Å². The number of carbonyl (C=O) groups is 1. The van der Waals surface area contributed by atoms with Crippen LogP contribution in [0.4, 0.5) is 0 Å². The quantitative estimate of drug-likeness (QED) is 0.610. The Morgan fingerprint density at radius 2 is 1.62 bits per heavy atom. The van der Waals surface area contributed by atoms with Crippen molar-refractivity contribution in [3.8, 4) is 17.2 Å². The van der Waals surface area contributed by atoms with Gasteiger partial charge < -0.3 is 14.2 Å². The first-order chi connectivity index (χ1) is 12.6. The van der Waals surface area contributed by atoms with Crippen LogP contribution in [0.5, 0.6) is 17.2 Å². The second kappa shape index (κ2) is 9.27. The number of amides is 1. The highest BCUT2D eigenvalue weighted by molar-refractivity contribution is 5.96. The van der Waals surface area contributed by atoms with Gasteiger partial charge in [-0.25, -0.2) is 5.43 Å². The van der Waals surface area contributed by atoms with Crippen LogP contribution in [0.15, 0.2) is 53.1 Å². The minimum atomic E-state index is -0.381. The maximum atomic E-state index is 12.3. The number of allylic oxidation sites excluding steroid dienone is 1. The molecular formula is C20H22N2O4. The third-order valence-corrected chi connectivity index (χ3v) is 3.56. The molecule has 0 heterocycles. The van der Waals surface area contributed by atoms with Crippen molar-refractivity contribution in [2.24, 2.45) is 5.10 Å². The molecule has 0 aliphatic carbocycles. The Morgan fingerprint density at radius 3 is 2.15 bits per heavy atom. The van der Waals surface area contributed by atoms with Crippen LogP contribution in [0.1, 0.15) is 22.8 Å². The average Bonchev–Trinajstić information content (AvgIpc) is 2.67. The molecule has 6 nitrogen and oxygen atoms in total. The number of methoxy groups -OCH3 is 3. The molecule has 2 aromatic carbocycles. The third-order valence-electron chi connectivity index (χ3n) is 3.56. The van der Waals surface area contributed by atoms with Gasteiger partial charge in [-0.3, -0.25) is 4.79 Å². The standard InChI is InChI=1S/C20H22N2O4/c1-14(10-15-8-6-5-7-9-15)13-21-22-20(23)16-11-17(24-2)19(26-4)18(12-16)25-3/h5-13H,1-4H3,(H,22,23)/b14-10-,21-13+. The number of nitrogens with zero attached hydrogens (tertiary/aromatic N) is 1. The summed E-state index contributed by atoms with van der Waals surface area (Å²) in [4.78, 5) is 12.3. The number of rotatable bonds is 7. The Hall–Kier alpha value is -3.28. The van der Waals surface area contributed by atoms with Gasteiger partial charge in [0.15, 0.2) is 11.5 Å². The van der Waals surface area contributed by atoms with Crippen LogP contribution in [0, 0.1) is 0 Å². The molecule has 2 rings (SSSR count). The van der Waals surface area contributed by atoms with E-state index >= 15 is 0 Å². The number of hydrazone groups is 1. The average molecular weight is 354 g/mol. The van der Waals surface area contributed by atoms with Crippen LogP contribution in [0.3, 0.4) is 0 Å². The molecule has 0 spiro atoms. The molecule has 136 valence electrons. The predicted octanol–water partition coefficient (Wildman–Crippen LogP) is 3.53. The molecule has 1 N–H and O–H groups in total. The Morgan fingerprint density at radius 1 is 1.00 bits per heavy atom. The Labute approximate surface area is 153 Å². The highest BCUT2D eigenvalue weighted by Gasteiger charge is 2.16. The second-order valence-corrected chi connectivity index (χ2v) is 5.41. The number of carbonyl (C=O) groups excluding carboxylic acids is 1. The molecule has 0 saturated carbocycles. The SMILES string of the molecule is COc1cc(C(=O)N/N=C/C(C)=C\c2ccccc2)cc(OC)c1OC. The van der Waals surface area contributed by atoms with Gasteiger partial charge in [0.05, 0.1) is 27.5 Å². The van der Waals surface area contributed by atoms with Gasteiger partial charge in [-0.05, 0) is 30.2 Å². The minimum Gasteiger partial charge on any atom is -0.493 e. The van der Waals surface area contributed by atoms with Crippen LogP contribution in [-0.2, 0) is 0 Å². The summed E-state index contributed by atoms with van der Waals surface area (Å²) in [5.41, 5.74) is 4.81. The van der Waals surface area contributed by atoms with Crippen LogP contribution in [-0.4, -0.2) is 33.5 Å². The second-order valence-electron chi connectivity index (χ2n) is 5.41. The van der Waals surface area contributed by atoms with Crippen molar-refractivity contribution in [1.29, 1.82) is 0 Å². The van der Waals surface area contributed by atoms with Crippen molar-refractivity contribution in [3.63, 3.8) is 0 Å². The summed E-state index contributed by atoms with van der Waals surface area (Å²) in [6.45, 7) is 1.90. The zero-order valence-electron chi connectivity index (χ0n) is 15.3. The molecule has 0 radical (unpaired) electrons. The van der Waals surface area contributed by atoms with E-state index < -0.39 is 0 Å². The fraction of sp³-hybridized carbons (Fsp3) is 0.200. The first-order valence-electron chi connectivity index (χ1n) is 7.95. The van der Waals surface area contributed by atoms with E-state index in [9.17, 15) is 4.79 Å². The lowest BCUT2D eigenvalue weighted by Gasteiger charge is -2.13. The van der Waals surface area contributed by atoms with E-state index in [1.165, 1.54) is 21.3 Å². The van der Waals surface area contributed by atoms with Gasteiger partial charge >= 0.3 is 0 Å². The zero-order chi connectivity index (χ0) is 18.9. The first-order valence-corrected chi connectivity index (χ1v) is 7.95. The number of nitrogens with one attached hydrogen (secondary N) is 1. The van der Waals surface area contributed by atoms with Crippen molar-refractivity contribution in [3.05, 3.63) is 59.2 Å². The van der Waals surface area contributed by atoms with Gasteiger partial charge in [0.25, 0.3) is 5.91 Å². The summed E-state index contributed by atoms with van der Waals surface area (Å²) in [5.74, 6) is 0.854. The van der Waals surface area contributed by atoms with E-state index in [-0.39, 0.29) is 5.91 Å². The maximum Gasteiger partial charge on any atom is 0.271 e. The molecule has 0 aliphatic heterocycles. The topological polar surface area (TPSA) is 69.2 Å². The zero-order valence-corrected chi connectivity index (χ0v) is 15.3. The molecule has 2 aromatic rings. The molecule has 0 unspecified atom stereocenters. The normalized spacial score (nSPS) is 11.3. The molecule has 0 fully saturated rings. The van der Waals surface area contributed by atoms with E-state index in [0.29, 0.717) is 22.8 Å². The predicted molar refractivity (Wildman–Crippen MR) is 102 cm³/mol. The molecule has 0 aliphatic rings. The molecule has 6 heteroatoms. The molecule has 0 aromatic heterocycles. The van der Waals surface area contributed by atoms with Crippen LogP contribution < -0.4 is 19.6 Å². The highest BCUT2D eigenvalue weighted by atomic mass is 16.5. The molecule has 1 amide bonds. The van der Waals surface area contributed by atoms with E-state index in [4.69, 9.17) is 14.2 Å². The monoisotopic (exact) mass is 354 g/mol. The van der Waals surface area contributed by atoms with E-state index in [0.717, 1.165) is 11.1 Å². The third kappa shape index (κ3) is 4.86. The van der Waals surface area contributed by atoms with Crippen molar-refractivity contribution < 1.29 is 19.0 Å². The fourth-order valence-corrected chi connectivity index (χ4v) is 2.32. The molecule has 0 saturated heterocycles. The Bertz CT molecular complexity index is 789. The summed E-state index contributed by atoms with van der Waals surface area (Å²) in [6.07, 6.45) is 3.55. The van der Waals surface area contributed by atoms with Crippen molar-refractivity contribution in [2.75, 3.05) is 21.3 Å². The Balaban J connectivity index is 2.11. The highest BCUT2D eigenvalue weighted by Crippen LogP contribution is 2.38. The number of hydrogen-bond donors (Lipinski definition) is 1. The molecule has 0 bridgehead atoms. The maximum absolute atomic E-state index is 12.3. The fourth-order valence-electron chi connectivity index (χ4n) is 2.32. The van der Waals surface area contributed by atoms with Gasteiger partial charge in [0.1, 0.15) is 0 Å². The number of ether oxygens (including phenoxy) is 3. The Kier molecular flexibility index (Phi) is 6.79. The summed E-state index contributed by atoms with van der Waals surface area (Å²) < 4.78 is 15.7. The smallest absolute Gasteiger partial charge is 0.271 e. The van der Waals surface area contributed by atoms with Crippen LogP contribution >= 0.6 is 0 Å². The minimum absolute atomic E-state index is 0.348. The summed E-state index contributed by atoms with van der Waals surface area (Å²) in [7, 11) is 4.50. The van der Waals surface area contributed by atoms with E-state index in [1.54, 1.807) is 18.3 Å². The number of hydrogen-bond acceptors (Lipinski definition) is 5. The lowest BCUT2D eigenvalue weighted by atomic mass is 10.1. The lowest BCUT2D eigenvalue weighted by molar-refractivity contribution is 0.0954. The van der Waals surface area contributed by atoms with Gasteiger partial charge in [-0.15, -0.1) is 0 Å². The van der Waals surface area contributed by atoms with Crippen molar-refractivity contribution in [1.82, 2.24) is 5.43 Å². The van der Waals surface area contributed by atoms with E-state index in [2.05, 4.69) is 10.5 Å². The molecule has 26 heavy (non-hydrogen) atoms. The molecule has 0 atom stereocenters.